The van der Waals surface area contributed by atoms with Gasteiger partial charge in [0.2, 0.25) is 0 Å². The molecule has 0 radical (unpaired) electrons. The Morgan fingerprint density at radius 1 is 1.56 bits per heavy atom. The molecule has 3 N–H and O–H groups in total. The summed E-state index contributed by atoms with van der Waals surface area (Å²) in [6.45, 7) is 4.32. The Morgan fingerprint density at radius 2 is 2.25 bits per heavy atom. The van der Waals surface area contributed by atoms with Crippen LogP contribution in [0.25, 0.3) is 0 Å². The van der Waals surface area contributed by atoms with E-state index in [4.69, 9.17) is 22.5 Å². The first-order valence-electron chi connectivity index (χ1n) is 4.95. The molecular weight excluding hydrogens is 244 g/mol. The number of amidine groups is 1. The van der Waals surface area contributed by atoms with Gasteiger partial charge < -0.3 is 10.9 Å². The molecule has 0 bridgehead atoms. The van der Waals surface area contributed by atoms with Gasteiger partial charge in [-0.05, 0) is 24.1 Å². The fourth-order valence-corrected chi connectivity index (χ4v) is 2.31. The Kier molecular flexibility index (Phi) is 4.96. The number of nitrogens with zero attached hydrogens (tertiary/aromatic N) is 1. The highest BCUT2D eigenvalue weighted by molar-refractivity contribution is 7.99. The summed E-state index contributed by atoms with van der Waals surface area (Å²) in [5, 5.41) is 12.1. The molecule has 0 aliphatic heterocycles. The van der Waals surface area contributed by atoms with E-state index in [2.05, 4.69) is 19.0 Å². The molecule has 0 aliphatic rings. The smallest absolute Gasteiger partial charge is 0.170 e. The molecule has 5 heteroatoms. The average Bonchev–Trinajstić information content (AvgIpc) is 2.26. The van der Waals surface area contributed by atoms with Crippen LogP contribution in [0.4, 0.5) is 0 Å². The molecule has 0 atom stereocenters. The lowest BCUT2D eigenvalue weighted by atomic mass is 10.2. The molecule has 0 spiro atoms. The minimum Gasteiger partial charge on any atom is -0.409 e. The summed E-state index contributed by atoms with van der Waals surface area (Å²) < 4.78 is 0. The number of halogens is 1. The van der Waals surface area contributed by atoms with Crippen LogP contribution < -0.4 is 5.73 Å². The maximum atomic E-state index is 8.54. The van der Waals surface area contributed by atoms with Crippen LogP contribution in [0.1, 0.15) is 19.4 Å². The van der Waals surface area contributed by atoms with Crippen molar-refractivity contribution < 1.29 is 5.21 Å². The summed E-state index contributed by atoms with van der Waals surface area (Å²) in [6.07, 6.45) is 0. The summed E-state index contributed by atoms with van der Waals surface area (Å²) in [6, 6.07) is 5.39. The first-order valence-corrected chi connectivity index (χ1v) is 6.31. The van der Waals surface area contributed by atoms with Gasteiger partial charge >= 0.3 is 0 Å². The van der Waals surface area contributed by atoms with Crippen LogP contribution in [-0.2, 0) is 0 Å². The van der Waals surface area contributed by atoms with Gasteiger partial charge in [-0.1, -0.05) is 30.6 Å². The zero-order valence-electron chi connectivity index (χ0n) is 9.27. The molecule has 0 aliphatic carbocycles. The van der Waals surface area contributed by atoms with Gasteiger partial charge in [0.25, 0.3) is 0 Å². The van der Waals surface area contributed by atoms with Gasteiger partial charge in [0, 0.05) is 16.2 Å². The molecular formula is C11H15ClN2OS. The molecule has 88 valence electrons. The van der Waals surface area contributed by atoms with Crippen molar-refractivity contribution in [2.45, 2.75) is 18.7 Å². The van der Waals surface area contributed by atoms with E-state index < -0.39 is 0 Å². The van der Waals surface area contributed by atoms with Crippen molar-refractivity contribution in [3.05, 3.63) is 28.8 Å². The lowest BCUT2D eigenvalue weighted by molar-refractivity contribution is 0.318. The Labute approximate surface area is 105 Å². The second kappa shape index (κ2) is 6.01. The minimum absolute atomic E-state index is 0.0716. The van der Waals surface area contributed by atoms with Gasteiger partial charge in [0.15, 0.2) is 5.84 Å². The summed E-state index contributed by atoms with van der Waals surface area (Å²) in [5.41, 5.74) is 6.10. The number of rotatable bonds is 4. The second-order valence-corrected chi connectivity index (χ2v) is 5.30. The number of oxime groups is 1. The quantitative estimate of drug-likeness (QED) is 0.287. The number of benzene rings is 1. The van der Waals surface area contributed by atoms with Gasteiger partial charge in [-0.15, -0.1) is 11.8 Å². The molecule has 0 aromatic heterocycles. The van der Waals surface area contributed by atoms with Crippen molar-refractivity contribution in [3.8, 4) is 0 Å². The fraction of sp³-hybridized carbons (Fsp3) is 0.364. The van der Waals surface area contributed by atoms with Crippen LogP contribution in [0.3, 0.4) is 0 Å². The number of nitrogens with two attached hydrogens (primary N) is 1. The highest BCUT2D eigenvalue weighted by Crippen LogP contribution is 2.29. The van der Waals surface area contributed by atoms with E-state index in [1.54, 1.807) is 23.9 Å². The highest BCUT2D eigenvalue weighted by atomic mass is 35.5. The average molecular weight is 259 g/mol. The minimum atomic E-state index is 0.0716. The Balaban J connectivity index is 2.83. The third-order valence-electron chi connectivity index (χ3n) is 1.91. The molecule has 0 fully saturated rings. The van der Waals surface area contributed by atoms with Crippen LogP contribution in [0.15, 0.2) is 28.3 Å². The number of hydrogen-bond acceptors (Lipinski definition) is 3. The van der Waals surface area contributed by atoms with E-state index in [0.717, 1.165) is 10.6 Å². The van der Waals surface area contributed by atoms with E-state index in [0.29, 0.717) is 16.5 Å². The van der Waals surface area contributed by atoms with Crippen molar-refractivity contribution in [3.63, 3.8) is 0 Å². The Morgan fingerprint density at radius 3 is 2.75 bits per heavy atom. The van der Waals surface area contributed by atoms with E-state index in [1.165, 1.54) is 0 Å². The number of thioether (sulfide) groups is 1. The lowest BCUT2D eigenvalue weighted by Crippen LogP contribution is -2.12. The van der Waals surface area contributed by atoms with Crippen LogP contribution in [0, 0.1) is 5.92 Å². The molecule has 0 saturated heterocycles. The maximum absolute atomic E-state index is 8.54. The van der Waals surface area contributed by atoms with Gasteiger partial charge in [-0.25, -0.2) is 0 Å². The zero-order valence-corrected chi connectivity index (χ0v) is 10.8. The largest absolute Gasteiger partial charge is 0.409 e. The third kappa shape index (κ3) is 3.61. The van der Waals surface area contributed by atoms with Crippen molar-refractivity contribution in [1.82, 2.24) is 0 Å². The van der Waals surface area contributed by atoms with Crippen LogP contribution in [0.2, 0.25) is 5.02 Å². The molecule has 16 heavy (non-hydrogen) atoms. The van der Waals surface area contributed by atoms with Gasteiger partial charge in [0.1, 0.15) is 0 Å². The van der Waals surface area contributed by atoms with Crippen molar-refractivity contribution >= 4 is 29.2 Å². The summed E-state index contributed by atoms with van der Waals surface area (Å²) >= 11 is 7.81. The van der Waals surface area contributed by atoms with E-state index in [9.17, 15) is 0 Å². The molecule has 1 aromatic carbocycles. The summed E-state index contributed by atoms with van der Waals surface area (Å²) in [7, 11) is 0. The topological polar surface area (TPSA) is 58.6 Å². The molecule has 1 rings (SSSR count). The highest BCUT2D eigenvalue weighted by Gasteiger charge is 2.06. The zero-order chi connectivity index (χ0) is 12.1. The van der Waals surface area contributed by atoms with Crippen molar-refractivity contribution in [2.24, 2.45) is 16.8 Å². The van der Waals surface area contributed by atoms with Crippen LogP contribution in [-0.4, -0.2) is 16.8 Å². The molecule has 0 unspecified atom stereocenters. The standard InChI is InChI=1S/C11H15ClN2OS/c1-7(2)6-16-10-4-3-8(5-9(10)12)11(13)14-15/h3-5,7,15H,6H2,1-2H3,(H2,13,14). The van der Waals surface area contributed by atoms with E-state index >= 15 is 0 Å². The summed E-state index contributed by atoms with van der Waals surface area (Å²) in [4.78, 5) is 1.02. The molecule has 0 saturated carbocycles. The Bertz CT molecular complexity index is 394. The second-order valence-electron chi connectivity index (χ2n) is 3.84. The normalized spacial score (nSPS) is 12.1. The fourth-order valence-electron chi connectivity index (χ4n) is 1.09. The maximum Gasteiger partial charge on any atom is 0.170 e. The van der Waals surface area contributed by atoms with Crippen molar-refractivity contribution in [1.29, 1.82) is 0 Å². The van der Waals surface area contributed by atoms with Gasteiger partial charge in [-0.2, -0.15) is 0 Å². The van der Waals surface area contributed by atoms with Crippen molar-refractivity contribution in [2.75, 3.05) is 5.75 Å². The SMILES string of the molecule is CC(C)CSc1ccc(C(N)=NO)cc1Cl. The molecule has 0 heterocycles. The van der Waals surface area contributed by atoms with Crippen LogP contribution >= 0.6 is 23.4 Å². The lowest BCUT2D eigenvalue weighted by Gasteiger charge is -2.07. The Hall–Kier alpha value is -0.870. The first-order chi connectivity index (χ1) is 7.54. The van der Waals surface area contributed by atoms with Crippen LogP contribution in [0.5, 0.6) is 0 Å². The first kappa shape index (κ1) is 13.2. The predicted molar refractivity (Wildman–Crippen MR) is 69.5 cm³/mol. The number of hydrogen-bond donors (Lipinski definition) is 2. The van der Waals surface area contributed by atoms with Gasteiger partial charge in [-0.3, -0.25) is 0 Å². The predicted octanol–water partition coefficient (Wildman–Crippen LogP) is 3.18. The third-order valence-corrected chi connectivity index (χ3v) is 3.83. The van der Waals surface area contributed by atoms with E-state index in [-0.39, 0.29) is 5.84 Å². The molecule has 0 amide bonds. The molecule has 1 aromatic rings. The van der Waals surface area contributed by atoms with Gasteiger partial charge in [0.05, 0.1) is 5.02 Å². The monoisotopic (exact) mass is 258 g/mol. The molecule has 3 nitrogen and oxygen atoms in total. The van der Waals surface area contributed by atoms with E-state index in [1.807, 2.05) is 6.07 Å². The summed E-state index contributed by atoms with van der Waals surface area (Å²) in [5.74, 6) is 1.70.